The van der Waals surface area contributed by atoms with E-state index in [1.54, 1.807) is 0 Å². The maximum Gasteiger partial charge on any atom is 0.148 e. The molecule has 0 radical (unpaired) electrons. The van der Waals surface area contributed by atoms with Crippen LogP contribution in [-0.4, -0.2) is 19.0 Å². The molecule has 12 heavy (non-hydrogen) atoms. The van der Waals surface area contributed by atoms with Gasteiger partial charge < -0.3 is 9.47 Å². The average molecular weight is 170 g/mol. The van der Waals surface area contributed by atoms with Crippen molar-refractivity contribution >= 4 is 0 Å². The van der Waals surface area contributed by atoms with Crippen molar-refractivity contribution in [3.05, 3.63) is 12.2 Å². The third-order valence-electron chi connectivity index (χ3n) is 2.11. The molecule has 1 aliphatic heterocycles. The van der Waals surface area contributed by atoms with E-state index in [1.807, 2.05) is 6.92 Å². The Bertz CT molecular complexity index is 179. The molecule has 2 nitrogen and oxygen atoms in total. The van der Waals surface area contributed by atoms with E-state index >= 15 is 0 Å². The summed E-state index contributed by atoms with van der Waals surface area (Å²) in [5.41, 5.74) is 1.17. The fourth-order valence-electron chi connectivity index (χ4n) is 1.47. The molecular formula is C10H18O2. The molecule has 1 heterocycles. The summed E-state index contributed by atoms with van der Waals surface area (Å²) in [6.07, 6.45) is 0.222. The molecule has 1 saturated heterocycles. The zero-order valence-electron chi connectivity index (χ0n) is 8.39. The Morgan fingerprint density at radius 2 is 1.92 bits per heavy atom. The van der Waals surface area contributed by atoms with Gasteiger partial charge in [-0.25, -0.2) is 0 Å². The molecule has 2 atom stereocenters. The number of ether oxygens (including phenoxy) is 2. The molecule has 0 aromatic rings. The van der Waals surface area contributed by atoms with Gasteiger partial charge in [-0.1, -0.05) is 27.4 Å². The molecule has 1 fully saturated rings. The van der Waals surface area contributed by atoms with Crippen LogP contribution in [0.25, 0.3) is 0 Å². The van der Waals surface area contributed by atoms with E-state index in [2.05, 4.69) is 27.4 Å². The van der Waals surface area contributed by atoms with Gasteiger partial charge in [0.25, 0.3) is 0 Å². The summed E-state index contributed by atoms with van der Waals surface area (Å²) in [6, 6.07) is 0. The van der Waals surface area contributed by atoms with Crippen LogP contribution in [0.3, 0.4) is 0 Å². The van der Waals surface area contributed by atoms with Crippen LogP contribution in [-0.2, 0) is 9.47 Å². The first-order valence-electron chi connectivity index (χ1n) is 4.31. The topological polar surface area (TPSA) is 18.5 Å². The highest BCUT2D eigenvalue weighted by atomic mass is 16.7. The Kier molecular flexibility index (Phi) is 2.59. The molecule has 0 aromatic heterocycles. The van der Waals surface area contributed by atoms with Crippen LogP contribution < -0.4 is 0 Å². The fraction of sp³-hybridized carbons (Fsp3) is 0.800. The molecule has 0 aromatic carbocycles. The van der Waals surface area contributed by atoms with Crippen molar-refractivity contribution < 1.29 is 9.47 Å². The second-order valence-electron chi connectivity index (χ2n) is 4.50. The lowest BCUT2D eigenvalue weighted by Gasteiger charge is -2.29. The first kappa shape index (κ1) is 9.75. The third-order valence-corrected chi connectivity index (χ3v) is 2.11. The third kappa shape index (κ3) is 1.87. The van der Waals surface area contributed by atoms with Crippen LogP contribution in [0.4, 0.5) is 0 Å². The molecule has 0 bridgehead atoms. The standard InChI is InChI=1S/C10H18O2/c1-7(2)8-9(10(3,4)5)12-6-11-8/h8-9H,1,6H2,2-5H3/t8-,9+/m0/s1. The quantitative estimate of drug-likeness (QED) is 0.562. The van der Waals surface area contributed by atoms with E-state index < -0.39 is 0 Å². The monoisotopic (exact) mass is 170 g/mol. The first-order valence-corrected chi connectivity index (χ1v) is 4.31. The number of rotatable bonds is 1. The van der Waals surface area contributed by atoms with Crippen molar-refractivity contribution in [2.45, 2.75) is 39.9 Å². The second-order valence-corrected chi connectivity index (χ2v) is 4.50. The molecule has 0 amide bonds. The van der Waals surface area contributed by atoms with Crippen LogP contribution in [0.2, 0.25) is 0 Å². The second kappa shape index (κ2) is 3.19. The van der Waals surface area contributed by atoms with Crippen LogP contribution in [0.15, 0.2) is 12.2 Å². The zero-order valence-corrected chi connectivity index (χ0v) is 8.39. The molecular weight excluding hydrogens is 152 g/mol. The summed E-state index contributed by atoms with van der Waals surface area (Å²) in [6.45, 7) is 12.7. The van der Waals surface area contributed by atoms with Gasteiger partial charge in [-0.15, -0.1) is 0 Å². The summed E-state index contributed by atoms with van der Waals surface area (Å²) >= 11 is 0. The Hall–Kier alpha value is -0.340. The minimum absolute atomic E-state index is 0.0741. The van der Waals surface area contributed by atoms with Crippen molar-refractivity contribution in [1.29, 1.82) is 0 Å². The maximum absolute atomic E-state index is 5.51. The van der Waals surface area contributed by atoms with E-state index in [0.717, 1.165) is 5.57 Å². The first-order chi connectivity index (χ1) is 5.43. The van der Waals surface area contributed by atoms with Gasteiger partial charge in [-0.2, -0.15) is 0 Å². The highest BCUT2D eigenvalue weighted by Crippen LogP contribution is 2.32. The summed E-state index contributed by atoms with van der Waals surface area (Å²) in [4.78, 5) is 0. The fourth-order valence-corrected chi connectivity index (χ4v) is 1.47. The van der Waals surface area contributed by atoms with E-state index in [1.165, 1.54) is 0 Å². The minimum Gasteiger partial charge on any atom is -0.349 e. The van der Waals surface area contributed by atoms with E-state index in [0.29, 0.717) is 6.79 Å². The SMILES string of the molecule is C=C(C)[C@@H]1OCO[C@H]1C(C)(C)C. The lowest BCUT2D eigenvalue weighted by molar-refractivity contribution is 0.00933. The predicted molar refractivity (Wildman–Crippen MR) is 48.9 cm³/mol. The lowest BCUT2D eigenvalue weighted by atomic mass is 9.84. The normalized spacial score (nSPS) is 30.7. The molecule has 0 saturated carbocycles. The molecule has 1 rings (SSSR count). The Morgan fingerprint density at radius 1 is 1.33 bits per heavy atom. The Balaban J connectivity index is 2.71. The van der Waals surface area contributed by atoms with Gasteiger partial charge in [0, 0.05) is 0 Å². The minimum atomic E-state index is 0.0741. The molecule has 0 spiro atoms. The van der Waals surface area contributed by atoms with Gasteiger partial charge in [0.1, 0.15) is 12.9 Å². The summed E-state index contributed by atoms with van der Waals surface area (Å²) in [7, 11) is 0. The van der Waals surface area contributed by atoms with E-state index in [-0.39, 0.29) is 17.6 Å². The largest absolute Gasteiger partial charge is 0.349 e. The average Bonchev–Trinajstić information content (AvgIpc) is 2.30. The van der Waals surface area contributed by atoms with Crippen molar-refractivity contribution in [3.63, 3.8) is 0 Å². The lowest BCUT2D eigenvalue weighted by Crippen LogP contribution is -2.35. The van der Waals surface area contributed by atoms with Gasteiger partial charge in [0.05, 0.1) is 6.10 Å². The molecule has 2 heteroatoms. The van der Waals surface area contributed by atoms with Crippen LogP contribution in [0, 0.1) is 5.41 Å². The smallest absolute Gasteiger partial charge is 0.148 e. The van der Waals surface area contributed by atoms with Crippen LogP contribution in [0.5, 0.6) is 0 Å². The van der Waals surface area contributed by atoms with E-state index in [9.17, 15) is 0 Å². The summed E-state index contributed by atoms with van der Waals surface area (Å²) in [5.74, 6) is 0. The van der Waals surface area contributed by atoms with E-state index in [4.69, 9.17) is 9.47 Å². The highest BCUT2D eigenvalue weighted by Gasteiger charge is 2.38. The number of hydrogen-bond acceptors (Lipinski definition) is 2. The molecule has 0 unspecified atom stereocenters. The molecule has 1 aliphatic rings. The van der Waals surface area contributed by atoms with Gasteiger partial charge in [-0.05, 0) is 17.9 Å². The molecule has 0 aliphatic carbocycles. The van der Waals surface area contributed by atoms with Gasteiger partial charge in [0.15, 0.2) is 0 Å². The number of hydrogen-bond donors (Lipinski definition) is 0. The van der Waals surface area contributed by atoms with Gasteiger partial charge >= 0.3 is 0 Å². The summed E-state index contributed by atoms with van der Waals surface area (Å²) in [5, 5.41) is 0. The van der Waals surface area contributed by atoms with Crippen LogP contribution >= 0.6 is 0 Å². The zero-order chi connectivity index (χ0) is 9.35. The molecule has 0 N–H and O–H groups in total. The predicted octanol–water partition coefficient (Wildman–Crippen LogP) is 2.35. The highest BCUT2D eigenvalue weighted by molar-refractivity contribution is 5.05. The van der Waals surface area contributed by atoms with Crippen molar-refractivity contribution in [2.24, 2.45) is 5.41 Å². The maximum atomic E-state index is 5.51. The molecule has 70 valence electrons. The van der Waals surface area contributed by atoms with Crippen molar-refractivity contribution in [3.8, 4) is 0 Å². The van der Waals surface area contributed by atoms with Crippen LogP contribution in [0.1, 0.15) is 27.7 Å². The summed E-state index contributed by atoms with van der Waals surface area (Å²) < 4.78 is 10.9. The Labute approximate surface area is 74.6 Å². The Morgan fingerprint density at radius 3 is 2.25 bits per heavy atom. The van der Waals surface area contributed by atoms with Gasteiger partial charge in [-0.3, -0.25) is 0 Å². The van der Waals surface area contributed by atoms with Gasteiger partial charge in [0.2, 0.25) is 0 Å². The van der Waals surface area contributed by atoms with Crippen molar-refractivity contribution in [1.82, 2.24) is 0 Å². The van der Waals surface area contributed by atoms with Crippen molar-refractivity contribution in [2.75, 3.05) is 6.79 Å².